The van der Waals surface area contributed by atoms with E-state index in [0.29, 0.717) is 23.9 Å². The first-order valence-electron chi connectivity index (χ1n) is 12.2. The number of carbonyl (C=O) groups is 3. The smallest absolute Gasteiger partial charge is 0.264 e. The second-order valence-corrected chi connectivity index (χ2v) is 9.46. The molecule has 198 valence electrons. The van der Waals surface area contributed by atoms with Gasteiger partial charge in [0.1, 0.15) is 6.61 Å². The normalized spacial score (nSPS) is 13.3. The first kappa shape index (κ1) is 27.2. The van der Waals surface area contributed by atoms with Gasteiger partial charge >= 0.3 is 0 Å². The molecule has 1 heterocycles. The lowest BCUT2D eigenvalue weighted by atomic mass is 10.1. The average Bonchev–Trinajstić information content (AvgIpc) is 3.18. The van der Waals surface area contributed by atoms with E-state index in [1.165, 1.54) is 16.7 Å². The van der Waals surface area contributed by atoms with Crippen molar-refractivity contribution < 1.29 is 28.6 Å². The number of rotatable bonds is 12. The molecule has 0 aliphatic carbocycles. The topological polar surface area (TPSA) is 94.2 Å². The number of hydrogen-bond acceptors (Lipinski definition) is 7. The minimum atomic E-state index is -0.541. The maximum absolute atomic E-state index is 13.7. The molecule has 3 amide bonds. The summed E-state index contributed by atoms with van der Waals surface area (Å²) in [4.78, 5) is 41.1. The van der Waals surface area contributed by atoms with Crippen molar-refractivity contribution in [3.05, 3.63) is 89.0 Å². The minimum absolute atomic E-state index is 0.179. The highest BCUT2D eigenvalue weighted by Gasteiger charge is 2.42. The van der Waals surface area contributed by atoms with Crippen LogP contribution in [0.15, 0.2) is 66.7 Å². The van der Waals surface area contributed by atoms with Gasteiger partial charge in [0.05, 0.1) is 43.2 Å². The zero-order valence-corrected chi connectivity index (χ0v) is 22.4. The molecule has 1 unspecified atom stereocenters. The fourth-order valence-corrected chi connectivity index (χ4v) is 5.02. The van der Waals surface area contributed by atoms with E-state index < -0.39 is 23.8 Å². The van der Waals surface area contributed by atoms with Gasteiger partial charge in [-0.25, -0.2) is 0 Å². The van der Waals surface area contributed by atoms with E-state index in [0.717, 1.165) is 11.1 Å². The van der Waals surface area contributed by atoms with Gasteiger partial charge in [-0.05, 0) is 48.6 Å². The molecule has 0 spiro atoms. The third kappa shape index (κ3) is 5.84. The lowest BCUT2D eigenvalue weighted by molar-refractivity contribution is -0.121. The van der Waals surface area contributed by atoms with E-state index in [1.807, 2.05) is 49.6 Å². The Morgan fingerprint density at radius 3 is 2.50 bits per heavy atom. The molecular weight excluding hydrogens is 504 g/mol. The van der Waals surface area contributed by atoms with Gasteiger partial charge in [-0.2, -0.15) is 11.8 Å². The van der Waals surface area contributed by atoms with Crippen molar-refractivity contribution in [2.45, 2.75) is 19.6 Å². The highest BCUT2D eigenvalue weighted by molar-refractivity contribution is 7.98. The Balaban J connectivity index is 1.55. The van der Waals surface area contributed by atoms with Gasteiger partial charge in [0, 0.05) is 5.75 Å². The summed E-state index contributed by atoms with van der Waals surface area (Å²) >= 11 is 1.52. The lowest BCUT2D eigenvalue weighted by Crippen LogP contribution is -2.35. The summed E-state index contributed by atoms with van der Waals surface area (Å²) in [6.07, 6.45) is 1.92. The molecule has 0 aromatic heterocycles. The largest absolute Gasteiger partial charge is 0.493 e. The van der Waals surface area contributed by atoms with Crippen molar-refractivity contribution >= 4 is 35.2 Å². The number of amides is 3. The molecule has 8 nitrogen and oxygen atoms in total. The number of nitrogens with zero attached hydrogens (tertiary/aromatic N) is 1. The van der Waals surface area contributed by atoms with E-state index in [1.54, 1.807) is 37.4 Å². The molecule has 4 rings (SSSR count). The molecular formula is C29H30N2O6S. The average molecular weight is 535 g/mol. The SMILES string of the molecule is CCOc1cc(C(CSC)N2C(=O)c3cccc(NC(=O)COCc4ccccc4)c3C2=O)ccc1OC. The molecule has 1 atom stereocenters. The minimum Gasteiger partial charge on any atom is -0.493 e. The molecule has 0 bridgehead atoms. The zero-order chi connectivity index (χ0) is 27.1. The molecule has 3 aromatic carbocycles. The highest BCUT2D eigenvalue weighted by atomic mass is 32.2. The van der Waals surface area contributed by atoms with Gasteiger partial charge in [0.2, 0.25) is 5.91 Å². The van der Waals surface area contributed by atoms with E-state index in [-0.39, 0.29) is 30.0 Å². The summed E-state index contributed by atoms with van der Waals surface area (Å²) in [7, 11) is 1.56. The summed E-state index contributed by atoms with van der Waals surface area (Å²) in [5, 5.41) is 2.75. The fourth-order valence-electron chi connectivity index (χ4n) is 4.36. The zero-order valence-electron chi connectivity index (χ0n) is 21.6. The molecule has 38 heavy (non-hydrogen) atoms. The number of anilines is 1. The Morgan fingerprint density at radius 2 is 1.79 bits per heavy atom. The molecule has 0 saturated heterocycles. The number of fused-ring (bicyclic) bond motifs is 1. The van der Waals surface area contributed by atoms with Crippen LogP contribution in [-0.4, -0.2) is 55.0 Å². The number of ether oxygens (including phenoxy) is 3. The summed E-state index contributed by atoms with van der Waals surface area (Å²) in [5.41, 5.74) is 2.41. The Hall–Kier alpha value is -3.82. The number of benzene rings is 3. The summed E-state index contributed by atoms with van der Waals surface area (Å²) in [6, 6.07) is 19.3. The molecule has 0 fully saturated rings. The number of thioether (sulfide) groups is 1. The number of hydrogen-bond donors (Lipinski definition) is 1. The molecule has 1 aliphatic heterocycles. The second-order valence-electron chi connectivity index (χ2n) is 8.55. The van der Waals surface area contributed by atoms with Crippen LogP contribution in [0.25, 0.3) is 0 Å². The van der Waals surface area contributed by atoms with Crippen molar-refractivity contribution in [3.63, 3.8) is 0 Å². The van der Waals surface area contributed by atoms with Crippen molar-refractivity contribution in [1.29, 1.82) is 0 Å². The number of nitrogens with one attached hydrogen (secondary N) is 1. The quantitative estimate of drug-likeness (QED) is 0.329. The van der Waals surface area contributed by atoms with Gasteiger partial charge < -0.3 is 19.5 Å². The maximum atomic E-state index is 13.7. The monoisotopic (exact) mass is 534 g/mol. The maximum Gasteiger partial charge on any atom is 0.264 e. The van der Waals surface area contributed by atoms with Crippen LogP contribution < -0.4 is 14.8 Å². The van der Waals surface area contributed by atoms with Gasteiger partial charge in [0.25, 0.3) is 11.8 Å². The third-order valence-corrected chi connectivity index (χ3v) is 6.72. The number of methoxy groups -OCH3 is 1. The standard InChI is InChI=1S/C29H30N2O6S/c1-4-37-25-15-20(13-14-24(25)35-2)23(18-38-3)31-28(33)21-11-8-12-22(27(21)29(31)34)30-26(32)17-36-16-19-9-6-5-7-10-19/h5-15,23H,4,16-18H2,1-3H3,(H,30,32). The van der Waals surface area contributed by atoms with Crippen LogP contribution in [0.3, 0.4) is 0 Å². The first-order valence-corrected chi connectivity index (χ1v) is 13.6. The van der Waals surface area contributed by atoms with E-state index in [9.17, 15) is 14.4 Å². The predicted molar refractivity (Wildman–Crippen MR) is 147 cm³/mol. The van der Waals surface area contributed by atoms with Crippen LogP contribution in [0.5, 0.6) is 11.5 Å². The van der Waals surface area contributed by atoms with Crippen LogP contribution in [-0.2, 0) is 16.1 Å². The first-order chi connectivity index (χ1) is 18.5. The Bertz CT molecular complexity index is 1310. The van der Waals surface area contributed by atoms with Crippen molar-refractivity contribution in [3.8, 4) is 11.5 Å². The second kappa shape index (κ2) is 12.6. The Morgan fingerprint density at radius 1 is 1.00 bits per heavy atom. The Kier molecular flexibility index (Phi) is 9.04. The van der Waals surface area contributed by atoms with Crippen LogP contribution >= 0.6 is 11.8 Å². The van der Waals surface area contributed by atoms with E-state index >= 15 is 0 Å². The highest BCUT2D eigenvalue weighted by Crippen LogP contribution is 2.39. The van der Waals surface area contributed by atoms with E-state index in [4.69, 9.17) is 14.2 Å². The Labute approximate surface area is 226 Å². The van der Waals surface area contributed by atoms with Crippen molar-refractivity contribution in [1.82, 2.24) is 4.90 Å². The van der Waals surface area contributed by atoms with Crippen molar-refractivity contribution in [2.24, 2.45) is 0 Å². The predicted octanol–water partition coefficient (Wildman–Crippen LogP) is 4.95. The van der Waals surface area contributed by atoms with Crippen LogP contribution in [0.1, 0.15) is 44.8 Å². The van der Waals surface area contributed by atoms with Crippen LogP contribution in [0, 0.1) is 0 Å². The van der Waals surface area contributed by atoms with E-state index in [2.05, 4.69) is 5.32 Å². The molecule has 1 N–H and O–H groups in total. The van der Waals surface area contributed by atoms with Gasteiger partial charge in [-0.15, -0.1) is 0 Å². The summed E-state index contributed by atoms with van der Waals surface area (Å²) < 4.78 is 16.6. The molecule has 3 aromatic rings. The summed E-state index contributed by atoms with van der Waals surface area (Å²) in [5.74, 6) is 0.315. The molecule has 0 saturated carbocycles. The number of imide groups is 1. The molecule has 1 aliphatic rings. The van der Waals surface area contributed by atoms with Crippen LogP contribution in [0.4, 0.5) is 5.69 Å². The third-order valence-electron chi connectivity index (χ3n) is 6.07. The molecule has 0 radical (unpaired) electrons. The van der Waals surface area contributed by atoms with Gasteiger partial charge in [-0.1, -0.05) is 42.5 Å². The van der Waals surface area contributed by atoms with Gasteiger partial charge in [-0.3, -0.25) is 19.3 Å². The van der Waals surface area contributed by atoms with Gasteiger partial charge in [0.15, 0.2) is 11.5 Å². The van der Waals surface area contributed by atoms with Crippen molar-refractivity contribution in [2.75, 3.05) is 37.6 Å². The number of carbonyl (C=O) groups excluding carboxylic acids is 3. The molecule has 9 heteroatoms. The summed E-state index contributed by atoms with van der Waals surface area (Å²) in [6.45, 7) is 2.41. The fraction of sp³-hybridized carbons (Fsp3) is 0.276. The lowest BCUT2D eigenvalue weighted by Gasteiger charge is -2.27. The van der Waals surface area contributed by atoms with Crippen LogP contribution in [0.2, 0.25) is 0 Å².